The second-order valence-electron chi connectivity index (χ2n) is 9.30. The van der Waals surface area contributed by atoms with Gasteiger partial charge in [-0.05, 0) is 55.6 Å². The molecule has 0 spiro atoms. The fourth-order valence-electron chi connectivity index (χ4n) is 5.83. The number of hydrogen-bond donors (Lipinski definition) is 1. The molecule has 1 saturated heterocycles. The van der Waals surface area contributed by atoms with E-state index in [1.54, 1.807) is 0 Å². The molecule has 2 aliphatic carbocycles. The maximum absolute atomic E-state index is 14.0. The number of fused-ring (bicyclic) bond motifs is 2. The van der Waals surface area contributed by atoms with E-state index in [-0.39, 0.29) is 5.54 Å². The third-order valence-electron chi connectivity index (χ3n) is 7.41. The number of rotatable bonds is 4. The van der Waals surface area contributed by atoms with Gasteiger partial charge in [-0.25, -0.2) is 0 Å². The van der Waals surface area contributed by atoms with Crippen LogP contribution in [0.5, 0.6) is 11.5 Å². The van der Waals surface area contributed by atoms with E-state index in [0.717, 1.165) is 68.9 Å². The zero-order valence-corrected chi connectivity index (χ0v) is 18.7. The van der Waals surface area contributed by atoms with Crippen molar-refractivity contribution < 1.29 is 14.3 Å². The van der Waals surface area contributed by atoms with E-state index in [9.17, 15) is 4.79 Å². The molecule has 3 fully saturated rings. The molecule has 0 radical (unpaired) electrons. The number of nitrogens with zero attached hydrogens (tertiary/aromatic N) is 1. The van der Waals surface area contributed by atoms with Crippen LogP contribution in [0, 0.1) is 0 Å². The minimum Gasteiger partial charge on any atom is -0.454 e. The normalized spacial score (nSPS) is 29.8. The second kappa shape index (κ2) is 8.99. The van der Waals surface area contributed by atoms with Crippen molar-refractivity contribution in [3.05, 3.63) is 23.8 Å². The summed E-state index contributed by atoms with van der Waals surface area (Å²) in [7, 11) is 0. The number of nitrogens with one attached hydrogen (secondary N) is 1. The highest BCUT2D eigenvalue weighted by Crippen LogP contribution is 2.44. The average Bonchev–Trinajstić information content (AvgIpc) is 3.16. The largest absolute Gasteiger partial charge is 0.454 e. The molecule has 30 heavy (non-hydrogen) atoms. The van der Waals surface area contributed by atoms with Crippen molar-refractivity contribution >= 4 is 17.7 Å². The van der Waals surface area contributed by atoms with Gasteiger partial charge in [0.25, 0.3) is 0 Å². The van der Waals surface area contributed by atoms with Crippen LogP contribution in [0.1, 0.15) is 69.8 Å². The number of hydrogen-bond acceptors (Lipinski definition) is 5. The highest BCUT2D eigenvalue weighted by atomic mass is 32.2. The lowest BCUT2D eigenvalue weighted by molar-refractivity contribution is -0.137. The van der Waals surface area contributed by atoms with Crippen molar-refractivity contribution in [1.29, 1.82) is 0 Å². The zero-order chi connectivity index (χ0) is 20.4. The van der Waals surface area contributed by atoms with Crippen LogP contribution in [0.25, 0.3) is 0 Å². The summed E-state index contributed by atoms with van der Waals surface area (Å²) < 4.78 is 11.1. The van der Waals surface area contributed by atoms with Gasteiger partial charge < -0.3 is 14.8 Å². The highest BCUT2D eigenvalue weighted by molar-refractivity contribution is 8.00. The molecule has 1 N–H and O–H groups in total. The van der Waals surface area contributed by atoms with Gasteiger partial charge in [-0.3, -0.25) is 9.69 Å². The Morgan fingerprint density at radius 2 is 1.90 bits per heavy atom. The monoisotopic (exact) mass is 430 g/mol. The molecule has 1 aromatic carbocycles. The molecular weight excluding hydrogens is 396 g/mol. The molecule has 6 heteroatoms. The number of ether oxygens (including phenoxy) is 2. The Bertz CT molecular complexity index is 767. The van der Waals surface area contributed by atoms with Crippen LogP contribution in [-0.2, 0) is 11.3 Å². The standard InChI is InChI=1S/C24H34N2O3S/c27-23(25-19-7-2-1-3-8-19)24-12-5-4-9-22(24)30-14-6-13-26(24)16-18-10-11-20-21(15-18)29-17-28-20/h10-11,15,19,22H,1-9,12-14,16-17H2,(H,25,27)/t22-,24-/m1/s1. The van der Waals surface area contributed by atoms with E-state index in [2.05, 4.69) is 22.3 Å². The maximum atomic E-state index is 14.0. The highest BCUT2D eigenvalue weighted by Gasteiger charge is 2.52. The number of amides is 1. The third kappa shape index (κ3) is 3.93. The van der Waals surface area contributed by atoms with Crippen LogP contribution in [0.15, 0.2) is 18.2 Å². The molecule has 1 aromatic rings. The Hall–Kier alpha value is -1.40. The predicted octanol–water partition coefficient (Wildman–Crippen LogP) is 4.48. The van der Waals surface area contributed by atoms with Crippen molar-refractivity contribution in [2.45, 2.75) is 87.6 Å². The van der Waals surface area contributed by atoms with Crippen LogP contribution in [0.3, 0.4) is 0 Å². The van der Waals surface area contributed by atoms with Crippen LogP contribution < -0.4 is 14.8 Å². The average molecular weight is 431 g/mol. The van der Waals surface area contributed by atoms with Crippen molar-refractivity contribution in [3.8, 4) is 11.5 Å². The van der Waals surface area contributed by atoms with Gasteiger partial charge in [-0.2, -0.15) is 11.8 Å². The SMILES string of the molecule is O=C(NC1CCCCC1)[C@@]12CCCC[C@H]1SCCCN2Cc1ccc2c(c1)OCO2. The molecule has 5 rings (SSSR count). The first kappa shape index (κ1) is 20.5. The smallest absolute Gasteiger partial charge is 0.241 e. The fourth-order valence-corrected chi connectivity index (χ4v) is 7.39. The van der Waals surface area contributed by atoms with Crippen LogP contribution in [-0.4, -0.2) is 46.7 Å². The van der Waals surface area contributed by atoms with Crippen LogP contribution in [0.2, 0.25) is 0 Å². The first-order chi connectivity index (χ1) is 14.8. The number of carbonyl (C=O) groups is 1. The van der Waals surface area contributed by atoms with Gasteiger partial charge in [-0.1, -0.05) is 38.2 Å². The molecule has 2 heterocycles. The van der Waals surface area contributed by atoms with Crippen molar-refractivity contribution in [3.63, 3.8) is 0 Å². The molecule has 2 atom stereocenters. The molecule has 2 saturated carbocycles. The van der Waals surface area contributed by atoms with Crippen molar-refractivity contribution in [2.24, 2.45) is 0 Å². The van der Waals surface area contributed by atoms with Crippen molar-refractivity contribution in [2.75, 3.05) is 19.1 Å². The molecule has 0 unspecified atom stereocenters. The molecule has 1 amide bonds. The number of benzene rings is 1. The minimum atomic E-state index is -0.382. The van der Waals surface area contributed by atoms with Gasteiger partial charge in [0.05, 0.1) is 0 Å². The molecular formula is C24H34N2O3S. The first-order valence-corrected chi connectivity index (χ1v) is 12.9. The summed E-state index contributed by atoms with van der Waals surface area (Å²) in [4.78, 5) is 16.5. The fraction of sp³-hybridized carbons (Fsp3) is 0.708. The number of thioether (sulfide) groups is 1. The Morgan fingerprint density at radius 1 is 1.07 bits per heavy atom. The molecule has 4 aliphatic rings. The predicted molar refractivity (Wildman–Crippen MR) is 120 cm³/mol. The summed E-state index contributed by atoms with van der Waals surface area (Å²) in [6, 6.07) is 6.61. The molecule has 5 nitrogen and oxygen atoms in total. The van der Waals surface area contributed by atoms with Gasteiger partial charge in [-0.15, -0.1) is 0 Å². The van der Waals surface area contributed by atoms with E-state index < -0.39 is 0 Å². The van der Waals surface area contributed by atoms with E-state index in [4.69, 9.17) is 9.47 Å². The maximum Gasteiger partial charge on any atom is 0.241 e. The Morgan fingerprint density at radius 3 is 2.80 bits per heavy atom. The summed E-state index contributed by atoms with van der Waals surface area (Å²) in [5.74, 6) is 3.11. The van der Waals surface area contributed by atoms with Gasteiger partial charge in [0.1, 0.15) is 5.54 Å². The van der Waals surface area contributed by atoms with E-state index in [1.165, 1.54) is 31.2 Å². The first-order valence-electron chi connectivity index (χ1n) is 11.8. The minimum absolute atomic E-state index is 0.300. The van der Waals surface area contributed by atoms with Gasteiger partial charge in [0.2, 0.25) is 12.7 Å². The lowest BCUT2D eigenvalue weighted by Crippen LogP contribution is -2.65. The van der Waals surface area contributed by atoms with Gasteiger partial charge >= 0.3 is 0 Å². The number of carbonyl (C=O) groups excluding carboxylic acids is 1. The quantitative estimate of drug-likeness (QED) is 0.763. The summed E-state index contributed by atoms with van der Waals surface area (Å²) in [6.45, 7) is 2.08. The van der Waals surface area contributed by atoms with E-state index in [0.29, 0.717) is 24.0 Å². The Kier molecular flexibility index (Phi) is 6.15. The summed E-state index contributed by atoms with van der Waals surface area (Å²) in [5.41, 5.74) is 0.827. The Labute approximate surface area is 184 Å². The summed E-state index contributed by atoms with van der Waals surface area (Å²) >= 11 is 2.04. The lowest BCUT2D eigenvalue weighted by atomic mass is 9.78. The molecule has 2 aliphatic heterocycles. The Balaban J connectivity index is 1.42. The topological polar surface area (TPSA) is 50.8 Å². The van der Waals surface area contributed by atoms with Gasteiger partial charge in [0, 0.05) is 24.4 Å². The summed E-state index contributed by atoms with van der Waals surface area (Å²) in [6.07, 6.45) is 11.8. The molecule has 164 valence electrons. The second-order valence-corrected chi connectivity index (χ2v) is 10.6. The lowest BCUT2D eigenvalue weighted by Gasteiger charge is -2.49. The summed E-state index contributed by atoms with van der Waals surface area (Å²) in [5, 5.41) is 3.92. The molecule has 0 bridgehead atoms. The van der Waals surface area contributed by atoms with Gasteiger partial charge in [0.15, 0.2) is 11.5 Å². The van der Waals surface area contributed by atoms with Crippen LogP contribution in [0.4, 0.5) is 0 Å². The molecule has 0 aromatic heterocycles. The van der Waals surface area contributed by atoms with E-state index >= 15 is 0 Å². The van der Waals surface area contributed by atoms with E-state index in [1.807, 2.05) is 17.8 Å². The zero-order valence-electron chi connectivity index (χ0n) is 17.9. The van der Waals surface area contributed by atoms with Crippen molar-refractivity contribution in [1.82, 2.24) is 10.2 Å². The third-order valence-corrected chi connectivity index (χ3v) is 8.96. The van der Waals surface area contributed by atoms with Crippen LogP contribution >= 0.6 is 11.8 Å².